The SMILES string of the molecule is CCOC(=O)C(OC(C)(C)C)c1c(Cl)ncc(-c2ccc(OCCc3ccc(F)cc3)c(F)c2)c1N1CCC(C)(C)CC1. The Balaban J connectivity index is 1.74. The van der Waals surface area contributed by atoms with Crippen molar-refractivity contribution in [2.24, 2.45) is 5.41 Å². The Kier molecular flexibility index (Phi) is 10.3. The van der Waals surface area contributed by atoms with E-state index in [4.69, 9.17) is 25.8 Å². The summed E-state index contributed by atoms with van der Waals surface area (Å²) in [6.07, 6.45) is 2.83. The Hall–Kier alpha value is -3.23. The Labute approximate surface area is 258 Å². The molecule has 1 fully saturated rings. The van der Waals surface area contributed by atoms with E-state index in [1.165, 1.54) is 18.2 Å². The highest BCUT2D eigenvalue weighted by Crippen LogP contribution is 2.45. The summed E-state index contributed by atoms with van der Waals surface area (Å²) >= 11 is 6.76. The third-order valence-corrected chi connectivity index (χ3v) is 7.81. The van der Waals surface area contributed by atoms with Crippen LogP contribution in [-0.4, -0.2) is 42.9 Å². The number of halogens is 3. The molecule has 0 N–H and O–H groups in total. The van der Waals surface area contributed by atoms with Crippen molar-refractivity contribution in [3.05, 3.63) is 76.6 Å². The molecule has 0 bridgehead atoms. The summed E-state index contributed by atoms with van der Waals surface area (Å²) in [5.74, 6) is -1.30. The minimum atomic E-state index is -1.14. The molecule has 0 saturated carbocycles. The number of esters is 1. The number of pyridine rings is 1. The van der Waals surface area contributed by atoms with Crippen molar-refractivity contribution in [1.29, 1.82) is 0 Å². The number of hydrogen-bond acceptors (Lipinski definition) is 6. The Bertz CT molecular complexity index is 1410. The molecule has 0 radical (unpaired) electrons. The van der Waals surface area contributed by atoms with Crippen LogP contribution >= 0.6 is 11.6 Å². The van der Waals surface area contributed by atoms with Gasteiger partial charge in [0.1, 0.15) is 11.0 Å². The van der Waals surface area contributed by atoms with Crippen molar-refractivity contribution in [3.63, 3.8) is 0 Å². The summed E-state index contributed by atoms with van der Waals surface area (Å²) in [7, 11) is 0. The van der Waals surface area contributed by atoms with Crippen LogP contribution < -0.4 is 9.64 Å². The number of benzene rings is 2. The number of rotatable bonds is 10. The molecule has 9 heteroatoms. The highest BCUT2D eigenvalue weighted by molar-refractivity contribution is 6.31. The molecule has 1 aliphatic rings. The van der Waals surface area contributed by atoms with Gasteiger partial charge >= 0.3 is 5.97 Å². The number of anilines is 1. The lowest BCUT2D eigenvalue weighted by molar-refractivity contribution is -0.166. The third-order valence-electron chi connectivity index (χ3n) is 7.51. The number of ether oxygens (including phenoxy) is 3. The first-order valence-corrected chi connectivity index (χ1v) is 15.1. The van der Waals surface area contributed by atoms with Crippen molar-refractivity contribution in [2.45, 2.75) is 72.5 Å². The quantitative estimate of drug-likeness (QED) is 0.169. The van der Waals surface area contributed by atoms with Gasteiger partial charge in [0.05, 0.1) is 30.1 Å². The minimum Gasteiger partial charge on any atom is -0.490 e. The van der Waals surface area contributed by atoms with Gasteiger partial charge in [-0.1, -0.05) is 43.6 Å². The first kappa shape index (κ1) is 32.7. The molecule has 0 spiro atoms. The summed E-state index contributed by atoms with van der Waals surface area (Å²) < 4.78 is 46.1. The minimum absolute atomic E-state index is 0.106. The van der Waals surface area contributed by atoms with Gasteiger partial charge in [-0.15, -0.1) is 0 Å². The summed E-state index contributed by atoms with van der Waals surface area (Å²) in [5, 5.41) is 0.132. The Morgan fingerprint density at radius 1 is 1.09 bits per heavy atom. The summed E-state index contributed by atoms with van der Waals surface area (Å²) in [4.78, 5) is 20.0. The summed E-state index contributed by atoms with van der Waals surface area (Å²) in [6, 6.07) is 10.9. The van der Waals surface area contributed by atoms with Crippen LogP contribution in [0.3, 0.4) is 0 Å². The van der Waals surface area contributed by atoms with Gasteiger partial charge in [-0.3, -0.25) is 0 Å². The van der Waals surface area contributed by atoms with Gasteiger partial charge in [-0.2, -0.15) is 0 Å². The van der Waals surface area contributed by atoms with Gasteiger partial charge in [0.2, 0.25) is 0 Å². The molecule has 232 valence electrons. The van der Waals surface area contributed by atoms with Gasteiger partial charge in [-0.05, 0) is 81.3 Å². The lowest BCUT2D eigenvalue weighted by Crippen LogP contribution is -2.39. The van der Waals surface area contributed by atoms with Crippen LogP contribution in [0.2, 0.25) is 5.15 Å². The molecule has 43 heavy (non-hydrogen) atoms. The maximum atomic E-state index is 15.4. The van der Waals surface area contributed by atoms with Crippen molar-refractivity contribution >= 4 is 23.3 Å². The van der Waals surface area contributed by atoms with Crippen LogP contribution in [0, 0.1) is 17.0 Å². The molecule has 6 nitrogen and oxygen atoms in total. The van der Waals surface area contributed by atoms with Gasteiger partial charge in [0.25, 0.3) is 0 Å². The fraction of sp³-hybridized carbons (Fsp3) is 0.471. The molecular weight excluding hydrogens is 574 g/mol. The van der Waals surface area contributed by atoms with Crippen LogP contribution in [0.15, 0.2) is 48.7 Å². The number of carbonyl (C=O) groups is 1. The lowest BCUT2D eigenvalue weighted by Gasteiger charge is -2.40. The molecule has 4 rings (SSSR count). The van der Waals surface area contributed by atoms with E-state index in [9.17, 15) is 9.18 Å². The van der Waals surface area contributed by atoms with Gasteiger partial charge in [-0.25, -0.2) is 18.6 Å². The van der Waals surface area contributed by atoms with E-state index >= 15 is 4.39 Å². The van der Waals surface area contributed by atoms with Crippen molar-refractivity contribution < 1.29 is 27.8 Å². The maximum Gasteiger partial charge on any atom is 0.340 e. The van der Waals surface area contributed by atoms with Crippen LogP contribution in [0.25, 0.3) is 11.1 Å². The second kappa shape index (κ2) is 13.6. The van der Waals surface area contributed by atoms with Gasteiger partial charge in [0, 0.05) is 31.3 Å². The summed E-state index contributed by atoms with van der Waals surface area (Å²) in [6.45, 7) is 13.6. The highest BCUT2D eigenvalue weighted by Gasteiger charge is 2.37. The monoisotopic (exact) mass is 614 g/mol. The molecule has 3 aromatic rings. The predicted molar refractivity (Wildman–Crippen MR) is 166 cm³/mol. The molecule has 1 atom stereocenters. The van der Waals surface area contributed by atoms with Gasteiger partial charge < -0.3 is 19.1 Å². The molecular formula is C34H41ClF2N2O4. The third kappa shape index (κ3) is 8.45. The molecule has 1 unspecified atom stereocenters. The van der Waals surface area contributed by atoms with E-state index in [0.717, 1.165) is 18.4 Å². The fourth-order valence-electron chi connectivity index (χ4n) is 5.13. The number of carbonyl (C=O) groups excluding carboxylic acids is 1. The largest absolute Gasteiger partial charge is 0.490 e. The van der Waals surface area contributed by atoms with Crippen molar-refractivity contribution in [1.82, 2.24) is 4.98 Å². The first-order valence-electron chi connectivity index (χ1n) is 14.7. The Morgan fingerprint density at radius 3 is 2.37 bits per heavy atom. The van der Waals surface area contributed by atoms with Crippen molar-refractivity contribution in [3.8, 4) is 16.9 Å². The molecule has 2 heterocycles. The first-order chi connectivity index (χ1) is 20.3. The number of hydrogen-bond donors (Lipinski definition) is 0. The van der Waals surface area contributed by atoms with Crippen LogP contribution in [0.1, 0.15) is 71.6 Å². The second-order valence-corrected chi connectivity index (χ2v) is 13.0. The van der Waals surface area contributed by atoms with Crippen LogP contribution in [0.5, 0.6) is 5.75 Å². The normalized spacial score (nSPS) is 15.7. The highest BCUT2D eigenvalue weighted by atomic mass is 35.5. The zero-order valence-electron chi connectivity index (χ0n) is 25.8. The summed E-state index contributed by atoms with van der Waals surface area (Å²) in [5.41, 5.74) is 2.64. The number of aromatic nitrogens is 1. The molecule has 1 saturated heterocycles. The average molecular weight is 615 g/mol. The van der Waals surface area contributed by atoms with E-state index in [-0.39, 0.29) is 35.3 Å². The zero-order chi connectivity index (χ0) is 31.4. The molecule has 0 aliphatic carbocycles. The van der Waals surface area contributed by atoms with Crippen LogP contribution in [0.4, 0.5) is 14.5 Å². The molecule has 2 aromatic carbocycles. The molecule has 1 aromatic heterocycles. The zero-order valence-corrected chi connectivity index (χ0v) is 26.6. The maximum absolute atomic E-state index is 15.4. The van der Waals surface area contributed by atoms with E-state index in [2.05, 4.69) is 23.7 Å². The predicted octanol–water partition coefficient (Wildman–Crippen LogP) is 8.35. The van der Waals surface area contributed by atoms with E-state index in [1.54, 1.807) is 37.4 Å². The topological polar surface area (TPSA) is 60.9 Å². The lowest BCUT2D eigenvalue weighted by atomic mass is 9.82. The van der Waals surface area contributed by atoms with Gasteiger partial charge in [0.15, 0.2) is 17.7 Å². The molecule has 0 amide bonds. The second-order valence-electron chi connectivity index (χ2n) is 12.6. The van der Waals surface area contributed by atoms with Crippen molar-refractivity contribution in [2.75, 3.05) is 31.2 Å². The standard InChI is InChI=1S/C34H41ClF2N2O4/c1-7-41-32(40)30(43-33(2,3)4)28-29(39-17-15-34(5,6)16-18-39)25(21-38-31(28)35)23-10-13-27(26(37)20-23)42-19-14-22-8-11-24(36)12-9-22/h8-13,20-21,30H,7,14-19H2,1-6H3. The van der Waals surface area contributed by atoms with Crippen LogP contribution in [-0.2, 0) is 20.7 Å². The number of nitrogens with zero attached hydrogens (tertiary/aromatic N) is 2. The Morgan fingerprint density at radius 2 is 1.77 bits per heavy atom. The van der Waals surface area contributed by atoms with E-state index in [1.807, 2.05) is 20.8 Å². The smallest absolute Gasteiger partial charge is 0.340 e. The average Bonchev–Trinajstić information content (AvgIpc) is 2.93. The fourth-order valence-corrected chi connectivity index (χ4v) is 5.36. The van der Waals surface area contributed by atoms with E-state index < -0.39 is 23.5 Å². The molecule has 1 aliphatic heterocycles. The van der Waals surface area contributed by atoms with E-state index in [0.29, 0.717) is 41.9 Å². The number of piperidine rings is 1.